The molecule has 1 atom stereocenters. The van der Waals surface area contributed by atoms with Crippen LogP contribution in [0.2, 0.25) is 0 Å². The van der Waals surface area contributed by atoms with Crippen LogP contribution in [0.3, 0.4) is 0 Å². The second-order valence-electron chi connectivity index (χ2n) is 6.38. The third kappa shape index (κ3) is 5.17. The minimum atomic E-state index is 0.0125. The zero-order valence-corrected chi connectivity index (χ0v) is 15.1. The number of thiophene rings is 1. The van der Waals surface area contributed by atoms with Crippen LogP contribution in [0.25, 0.3) is 0 Å². The average molecular weight is 353 g/mol. The molecular weight excluding hydrogens is 326 g/mol. The van der Waals surface area contributed by atoms with Gasteiger partial charge in [0.05, 0.1) is 25.9 Å². The molecule has 2 amide bonds. The Bertz CT molecular complexity index is 531. The normalized spacial score (nSPS) is 23.0. The van der Waals surface area contributed by atoms with Crippen molar-refractivity contribution in [1.29, 1.82) is 0 Å². The number of rotatable bonds is 4. The Hall–Kier alpha value is -1.15. The lowest BCUT2D eigenvalue weighted by atomic mass is 10.3. The van der Waals surface area contributed by atoms with Crippen molar-refractivity contribution in [2.45, 2.75) is 26.0 Å². The highest BCUT2D eigenvalue weighted by Crippen LogP contribution is 2.15. The molecule has 2 aliphatic rings. The van der Waals surface area contributed by atoms with Gasteiger partial charge in [0.2, 0.25) is 0 Å². The predicted octanol–water partition coefficient (Wildman–Crippen LogP) is 1.69. The number of hydrogen-bond acceptors (Lipinski definition) is 5. The minimum Gasteiger partial charge on any atom is -0.379 e. The van der Waals surface area contributed by atoms with E-state index in [0.29, 0.717) is 13.1 Å². The van der Waals surface area contributed by atoms with Gasteiger partial charge in [0.1, 0.15) is 0 Å². The molecule has 0 bridgehead atoms. The van der Waals surface area contributed by atoms with E-state index in [1.807, 2.05) is 4.90 Å². The monoisotopic (exact) mass is 353 g/mol. The molecule has 0 aromatic carbocycles. The van der Waals surface area contributed by atoms with Crippen molar-refractivity contribution < 1.29 is 14.3 Å². The lowest BCUT2D eigenvalue weighted by Gasteiger charge is -2.31. The summed E-state index contributed by atoms with van der Waals surface area (Å²) in [5, 5.41) is 3.04. The Labute approximate surface area is 147 Å². The number of nitrogens with one attached hydrogen (secondary N) is 1. The first-order valence-corrected chi connectivity index (χ1v) is 9.52. The quantitative estimate of drug-likeness (QED) is 0.895. The average Bonchev–Trinajstić information content (AvgIpc) is 2.87. The zero-order chi connectivity index (χ0) is 16.8. The second-order valence-corrected chi connectivity index (χ2v) is 7.75. The summed E-state index contributed by atoms with van der Waals surface area (Å²) >= 11 is 1.73. The van der Waals surface area contributed by atoms with E-state index in [-0.39, 0.29) is 12.1 Å². The Morgan fingerprint density at radius 3 is 2.88 bits per heavy atom. The summed E-state index contributed by atoms with van der Waals surface area (Å²) in [4.78, 5) is 19.2. The maximum absolute atomic E-state index is 12.5. The van der Waals surface area contributed by atoms with Gasteiger partial charge in [-0.1, -0.05) is 0 Å². The fourth-order valence-corrected chi connectivity index (χ4v) is 3.95. The standard InChI is InChI=1S/C17H27N3O3S/c1-14-3-4-16(24-14)11-18-17(21)20-5-2-8-23-15(13-20)12-19-6-9-22-10-7-19/h3-4,15H,2,5-13H2,1H3,(H,18,21). The number of ether oxygens (including phenoxy) is 2. The number of urea groups is 1. The van der Waals surface area contributed by atoms with E-state index in [4.69, 9.17) is 9.47 Å². The highest BCUT2D eigenvalue weighted by atomic mass is 32.1. The van der Waals surface area contributed by atoms with Crippen molar-refractivity contribution in [2.24, 2.45) is 0 Å². The van der Waals surface area contributed by atoms with Crippen LogP contribution in [-0.2, 0) is 16.0 Å². The van der Waals surface area contributed by atoms with Crippen molar-refractivity contribution in [3.05, 3.63) is 21.9 Å². The maximum Gasteiger partial charge on any atom is 0.317 e. The summed E-state index contributed by atoms with van der Waals surface area (Å²) < 4.78 is 11.3. The molecular formula is C17H27N3O3S. The van der Waals surface area contributed by atoms with E-state index >= 15 is 0 Å². The van der Waals surface area contributed by atoms with Crippen molar-refractivity contribution in [3.63, 3.8) is 0 Å². The molecule has 6 nitrogen and oxygen atoms in total. The molecule has 0 saturated carbocycles. The molecule has 7 heteroatoms. The van der Waals surface area contributed by atoms with Gasteiger partial charge in [-0.3, -0.25) is 4.90 Å². The van der Waals surface area contributed by atoms with Gasteiger partial charge in [-0.25, -0.2) is 4.79 Å². The third-order valence-corrected chi connectivity index (χ3v) is 5.41. The second kappa shape index (κ2) is 8.80. The highest BCUT2D eigenvalue weighted by molar-refractivity contribution is 7.11. The first-order chi connectivity index (χ1) is 11.7. The van der Waals surface area contributed by atoms with Gasteiger partial charge in [0.25, 0.3) is 0 Å². The van der Waals surface area contributed by atoms with Gasteiger partial charge < -0.3 is 19.7 Å². The SMILES string of the molecule is Cc1ccc(CNC(=O)N2CCCOC(CN3CCOCC3)C2)s1. The fourth-order valence-electron chi connectivity index (χ4n) is 3.12. The van der Waals surface area contributed by atoms with Gasteiger partial charge in [-0.2, -0.15) is 0 Å². The topological polar surface area (TPSA) is 54.0 Å². The van der Waals surface area contributed by atoms with E-state index in [0.717, 1.165) is 52.4 Å². The fraction of sp³-hybridized carbons (Fsp3) is 0.706. The van der Waals surface area contributed by atoms with Crippen LogP contribution >= 0.6 is 11.3 Å². The summed E-state index contributed by atoms with van der Waals surface area (Å²) in [5.41, 5.74) is 0. The third-order valence-electron chi connectivity index (χ3n) is 4.41. The Kier molecular flexibility index (Phi) is 6.48. The smallest absolute Gasteiger partial charge is 0.317 e. The highest BCUT2D eigenvalue weighted by Gasteiger charge is 2.25. The summed E-state index contributed by atoms with van der Waals surface area (Å²) in [6.45, 7) is 9.17. The van der Waals surface area contributed by atoms with Crippen LogP contribution in [0, 0.1) is 6.92 Å². The van der Waals surface area contributed by atoms with Crippen LogP contribution in [-0.4, -0.2) is 74.5 Å². The van der Waals surface area contributed by atoms with Crippen LogP contribution in [0.15, 0.2) is 12.1 Å². The molecule has 0 spiro atoms. The number of nitrogens with zero attached hydrogens (tertiary/aromatic N) is 2. The summed E-state index contributed by atoms with van der Waals surface area (Å²) in [5.74, 6) is 0. The number of morpholine rings is 1. The molecule has 24 heavy (non-hydrogen) atoms. The van der Waals surface area contributed by atoms with Crippen molar-refractivity contribution in [3.8, 4) is 0 Å². The van der Waals surface area contributed by atoms with E-state index in [1.165, 1.54) is 9.75 Å². The molecule has 2 aliphatic heterocycles. The van der Waals surface area contributed by atoms with Gasteiger partial charge in [0, 0.05) is 49.1 Å². The molecule has 3 rings (SSSR count). The molecule has 2 fully saturated rings. The maximum atomic E-state index is 12.5. The molecule has 0 aliphatic carbocycles. The van der Waals surface area contributed by atoms with Crippen LogP contribution in [0.5, 0.6) is 0 Å². The molecule has 2 saturated heterocycles. The van der Waals surface area contributed by atoms with Gasteiger partial charge in [-0.05, 0) is 25.5 Å². The Morgan fingerprint density at radius 2 is 2.12 bits per heavy atom. The number of carbonyl (C=O) groups is 1. The van der Waals surface area contributed by atoms with Crippen LogP contribution in [0.4, 0.5) is 4.79 Å². The largest absolute Gasteiger partial charge is 0.379 e. The molecule has 1 aromatic heterocycles. The first kappa shape index (κ1) is 17.7. The number of amides is 2. The molecule has 0 radical (unpaired) electrons. The number of hydrogen-bond donors (Lipinski definition) is 1. The van der Waals surface area contributed by atoms with Crippen molar-refractivity contribution >= 4 is 17.4 Å². The molecule has 134 valence electrons. The van der Waals surface area contributed by atoms with Crippen molar-refractivity contribution in [1.82, 2.24) is 15.1 Å². The van der Waals surface area contributed by atoms with E-state index < -0.39 is 0 Å². The summed E-state index contributed by atoms with van der Waals surface area (Å²) in [7, 11) is 0. The predicted molar refractivity (Wildman–Crippen MR) is 94.5 cm³/mol. The van der Waals surface area contributed by atoms with Gasteiger partial charge in [0.15, 0.2) is 0 Å². The van der Waals surface area contributed by atoms with E-state index in [1.54, 1.807) is 11.3 Å². The Balaban J connectivity index is 1.48. The summed E-state index contributed by atoms with van der Waals surface area (Å²) in [6, 6.07) is 4.18. The van der Waals surface area contributed by atoms with Crippen LogP contribution < -0.4 is 5.32 Å². The van der Waals surface area contributed by atoms with Gasteiger partial charge in [-0.15, -0.1) is 11.3 Å². The number of carbonyl (C=O) groups excluding carboxylic acids is 1. The zero-order valence-electron chi connectivity index (χ0n) is 14.3. The summed E-state index contributed by atoms with van der Waals surface area (Å²) in [6.07, 6.45) is 0.978. The molecule has 1 unspecified atom stereocenters. The van der Waals surface area contributed by atoms with Gasteiger partial charge >= 0.3 is 6.03 Å². The first-order valence-electron chi connectivity index (χ1n) is 8.70. The molecule has 1 aromatic rings. The van der Waals surface area contributed by atoms with E-state index in [9.17, 15) is 4.79 Å². The lowest BCUT2D eigenvalue weighted by Crippen LogP contribution is -2.47. The Morgan fingerprint density at radius 1 is 1.29 bits per heavy atom. The van der Waals surface area contributed by atoms with E-state index in [2.05, 4.69) is 29.3 Å². The molecule has 1 N–H and O–H groups in total. The number of aryl methyl sites for hydroxylation is 1. The lowest BCUT2D eigenvalue weighted by molar-refractivity contribution is -0.0101. The minimum absolute atomic E-state index is 0.0125. The van der Waals surface area contributed by atoms with Crippen LogP contribution in [0.1, 0.15) is 16.2 Å². The van der Waals surface area contributed by atoms with Crippen molar-refractivity contribution in [2.75, 3.05) is 52.5 Å². The molecule has 3 heterocycles.